The number of ether oxygens (including phenoxy) is 1. The summed E-state index contributed by atoms with van der Waals surface area (Å²) < 4.78 is 5.14. The minimum atomic E-state index is -0.581. The summed E-state index contributed by atoms with van der Waals surface area (Å²) in [4.78, 5) is 32.8. The Labute approximate surface area is 155 Å². The van der Waals surface area contributed by atoms with E-state index in [0.717, 1.165) is 11.3 Å². The molecule has 0 bridgehead atoms. The molecule has 1 aliphatic rings. The summed E-state index contributed by atoms with van der Waals surface area (Å²) >= 11 is 0. The van der Waals surface area contributed by atoms with Gasteiger partial charge in [-0.15, -0.1) is 0 Å². The lowest BCUT2D eigenvalue weighted by Crippen LogP contribution is -2.28. The Bertz CT molecular complexity index is 1030. The number of carbonyl (C=O) groups is 2. The van der Waals surface area contributed by atoms with Gasteiger partial charge in [-0.05, 0) is 23.8 Å². The molecule has 4 rings (SSSR count). The molecule has 0 aliphatic carbocycles. The second-order valence-electron chi connectivity index (χ2n) is 6.02. The summed E-state index contributed by atoms with van der Waals surface area (Å²) in [5.41, 5.74) is 3.44. The van der Waals surface area contributed by atoms with Gasteiger partial charge in [0, 0.05) is 18.8 Å². The maximum absolute atomic E-state index is 12.3. The Morgan fingerprint density at radius 3 is 2.59 bits per heavy atom. The van der Waals surface area contributed by atoms with Crippen LogP contribution in [0.5, 0.6) is 0 Å². The molecule has 134 valence electrons. The predicted octanol–water partition coefficient (Wildman–Crippen LogP) is 2.42. The number of benzene rings is 2. The highest BCUT2D eigenvalue weighted by atomic mass is 16.5. The molecule has 0 fully saturated rings. The molecule has 1 aliphatic heterocycles. The third-order valence-corrected chi connectivity index (χ3v) is 4.23. The summed E-state index contributed by atoms with van der Waals surface area (Å²) in [5, 5.41) is 5.69. The molecule has 2 aromatic carbocycles. The van der Waals surface area contributed by atoms with Gasteiger partial charge in [0.2, 0.25) is 0 Å². The van der Waals surface area contributed by atoms with Gasteiger partial charge < -0.3 is 4.74 Å². The van der Waals surface area contributed by atoms with Crippen LogP contribution in [-0.4, -0.2) is 45.7 Å². The van der Waals surface area contributed by atoms with Crippen LogP contribution in [0.3, 0.4) is 0 Å². The Balaban J connectivity index is 1.38. The molecular formula is C20H16N4O3. The zero-order valence-corrected chi connectivity index (χ0v) is 14.4. The first-order chi connectivity index (χ1) is 13.2. The summed E-state index contributed by atoms with van der Waals surface area (Å²) in [6.07, 6.45) is 3.81. The molecular weight excluding hydrogens is 344 g/mol. The lowest BCUT2D eigenvalue weighted by molar-refractivity contribution is -0.134. The SMILES string of the molecule is O=C(OCC(=O)N1CCC(c2ccccc2)=N1)c1ccc2nccnc2c1. The fourth-order valence-electron chi connectivity index (χ4n) is 2.85. The Kier molecular flexibility index (Phi) is 4.57. The summed E-state index contributed by atoms with van der Waals surface area (Å²) in [6.45, 7) is 0.120. The summed E-state index contributed by atoms with van der Waals surface area (Å²) in [7, 11) is 0. The van der Waals surface area contributed by atoms with Gasteiger partial charge in [0.15, 0.2) is 6.61 Å². The standard InChI is InChI=1S/C20H16N4O3/c25-19(24-11-8-16(23-24)14-4-2-1-3-5-14)13-27-20(26)15-6-7-17-18(12-15)22-10-9-21-17/h1-7,9-10,12H,8,11,13H2. The van der Waals surface area contributed by atoms with Gasteiger partial charge in [-0.25, -0.2) is 9.80 Å². The molecule has 1 amide bonds. The molecule has 0 unspecified atom stereocenters. The van der Waals surface area contributed by atoms with Gasteiger partial charge in [0.05, 0.1) is 28.9 Å². The zero-order chi connectivity index (χ0) is 18.6. The van der Waals surface area contributed by atoms with Gasteiger partial charge in [-0.3, -0.25) is 14.8 Å². The Hall–Kier alpha value is -3.61. The second-order valence-corrected chi connectivity index (χ2v) is 6.02. The number of fused-ring (bicyclic) bond motifs is 1. The lowest BCUT2D eigenvalue weighted by atomic mass is 10.1. The molecule has 27 heavy (non-hydrogen) atoms. The van der Waals surface area contributed by atoms with Crippen molar-refractivity contribution in [2.24, 2.45) is 5.10 Å². The van der Waals surface area contributed by atoms with Crippen LogP contribution in [0, 0.1) is 0 Å². The van der Waals surface area contributed by atoms with Gasteiger partial charge >= 0.3 is 5.97 Å². The molecule has 7 nitrogen and oxygen atoms in total. The smallest absolute Gasteiger partial charge is 0.338 e. The number of amides is 1. The third-order valence-electron chi connectivity index (χ3n) is 4.23. The highest BCUT2D eigenvalue weighted by Gasteiger charge is 2.22. The first-order valence-corrected chi connectivity index (χ1v) is 8.52. The van der Waals surface area contributed by atoms with Crippen LogP contribution in [0.25, 0.3) is 11.0 Å². The van der Waals surface area contributed by atoms with Crippen molar-refractivity contribution < 1.29 is 14.3 Å². The first kappa shape index (κ1) is 16.8. The molecule has 0 radical (unpaired) electrons. The van der Waals surface area contributed by atoms with Crippen LogP contribution >= 0.6 is 0 Å². The largest absolute Gasteiger partial charge is 0.452 e. The van der Waals surface area contributed by atoms with Crippen molar-refractivity contribution in [3.63, 3.8) is 0 Å². The van der Waals surface area contributed by atoms with Crippen molar-refractivity contribution in [1.82, 2.24) is 15.0 Å². The molecule has 0 saturated heterocycles. The van der Waals surface area contributed by atoms with E-state index in [-0.39, 0.29) is 12.5 Å². The number of aromatic nitrogens is 2. The van der Waals surface area contributed by atoms with E-state index in [0.29, 0.717) is 29.6 Å². The minimum absolute atomic E-state index is 0.325. The van der Waals surface area contributed by atoms with Crippen LogP contribution in [-0.2, 0) is 9.53 Å². The predicted molar refractivity (Wildman–Crippen MR) is 99.1 cm³/mol. The van der Waals surface area contributed by atoms with E-state index < -0.39 is 5.97 Å². The second kappa shape index (κ2) is 7.33. The number of rotatable bonds is 4. The van der Waals surface area contributed by atoms with Crippen LogP contribution in [0.15, 0.2) is 66.0 Å². The number of carbonyl (C=O) groups excluding carboxylic acids is 2. The van der Waals surface area contributed by atoms with Crippen LogP contribution < -0.4 is 0 Å². The van der Waals surface area contributed by atoms with Gasteiger partial charge in [0.1, 0.15) is 0 Å². The highest BCUT2D eigenvalue weighted by molar-refractivity contribution is 6.02. The molecule has 0 N–H and O–H groups in total. The van der Waals surface area contributed by atoms with Crippen molar-refractivity contribution in [3.8, 4) is 0 Å². The maximum atomic E-state index is 12.3. The topological polar surface area (TPSA) is 84.8 Å². The molecule has 3 aromatic rings. The summed E-state index contributed by atoms with van der Waals surface area (Å²) in [6, 6.07) is 14.6. The fourth-order valence-corrected chi connectivity index (χ4v) is 2.85. The van der Waals surface area contributed by atoms with E-state index in [4.69, 9.17) is 4.74 Å². The average Bonchev–Trinajstić information content (AvgIpc) is 3.22. The Morgan fingerprint density at radius 1 is 1.00 bits per heavy atom. The van der Waals surface area contributed by atoms with Crippen molar-refractivity contribution in [2.75, 3.05) is 13.2 Å². The van der Waals surface area contributed by atoms with Crippen molar-refractivity contribution in [1.29, 1.82) is 0 Å². The number of esters is 1. The third kappa shape index (κ3) is 3.67. The molecule has 7 heteroatoms. The molecule has 1 aromatic heterocycles. The monoisotopic (exact) mass is 360 g/mol. The average molecular weight is 360 g/mol. The zero-order valence-electron chi connectivity index (χ0n) is 14.4. The molecule has 0 spiro atoms. The van der Waals surface area contributed by atoms with E-state index >= 15 is 0 Å². The Morgan fingerprint density at radius 2 is 1.78 bits per heavy atom. The molecule has 0 saturated carbocycles. The van der Waals surface area contributed by atoms with E-state index in [1.807, 2.05) is 30.3 Å². The first-order valence-electron chi connectivity index (χ1n) is 8.52. The fraction of sp³-hybridized carbons (Fsp3) is 0.150. The normalized spacial score (nSPS) is 13.5. The van der Waals surface area contributed by atoms with Crippen molar-refractivity contribution >= 4 is 28.6 Å². The van der Waals surface area contributed by atoms with Crippen LogP contribution in [0.1, 0.15) is 22.3 Å². The van der Waals surface area contributed by atoms with Crippen molar-refractivity contribution in [3.05, 3.63) is 72.1 Å². The number of hydrazone groups is 1. The van der Waals surface area contributed by atoms with Gasteiger partial charge in [-0.2, -0.15) is 5.10 Å². The van der Waals surface area contributed by atoms with Crippen LogP contribution in [0.4, 0.5) is 0 Å². The van der Waals surface area contributed by atoms with Crippen LogP contribution in [0.2, 0.25) is 0 Å². The summed E-state index contributed by atoms with van der Waals surface area (Å²) in [5.74, 6) is -0.933. The highest BCUT2D eigenvalue weighted by Crippen LogP contribution is 2.15. The van der Waals surface area contributed by atoms with Gasteiger partial charge in [0.25, 0.3) is 5.91 Å². The van der Waals surface area contributed by atoms with E-state index in [9.17, 15) is 9.59 Å². The number of hydrogen-bond acceptors (Lipinski definition) is 6. The quantitative estimate of drug-likeness (QED) is 0.667. The van der Waals surface area contributed by atoms with Gasteiger partial charge in [-0.1, -0.05) is 30.3 Å². The number of hydrogen-bond donors (Lipinski definition) is 0. The number of nitrogens with zero attached hydrogens (tertiary/aromatic N) is 4. The molecule has 2 heterocycles. The maximum Gasteiger partial charge on any atom is 0.338 e. The minimum Gasteiger partial charge on any atom is -0.452 e. The van der Waals surface area contributed by atoms with Crippen molar-refractivity contribution in [2.45, 2.75) is 6.42 Å². The van der Waals surface area contributed by atoms with E-state index in [1.165, 1.54) is 5.01 Å². The van der Waals surface area contributed by atoms with E-state index in [2.05, 4.69) is 15.1 Å². The molecule has 0 atom stereocenters. The lowest BCUT2D eigenvalue weighted by Gasteiger charge is -2.11. The van der Waals surface area contributed by atoms with E-state index in [1.54, 1.807) is 30.6 Å².